The highest BCUT2D eigenvalue weighted by molar-refractivity contribution is 6.10. The molecule has 0 radical (unpaired) electrons. The number of benzene rings is 1. The van der Waals surface area contributed by atoms with Crippen LogP contribution in [0.2, 0.25) is 0 Å². The first kappa shape index (κ1) is 18.9. The molecule has 2 aromatic rings. The van der Waals surface area contributed by atoms with Crippen LogP contribution in [-0.4, -0.2) is 59.7 Å². The van der Waals surface area contributed by atoms with E-state index in [1.165, 1.54) is 11.1 Å². The number of aryl methyl sites for hydroxylation is 3. The van der Waals surface area contributed by atoms with Crippen molar-refractivity contribution in [3.8, 4) is 0 Å². The van der Waals surface area contributed by atoms with E-state index in [0.29, 0.717) is 30.6 Å². The van der Waals surface area contributed by atoms with Crippen molar-refractivity contribution in [3.05, 3.63) is 57.9 Å². The summed E-state index contributed by atoms with van der Waals surface area (Å²) >= 11 is 0. The number of carbonyl (C=O) groups is 2. The third-order valence-electron chi connectivity index (χ3n) is 6.33. The quantitative estimate of drug-likeness (QED) is 0.890. The molecule has 148 valence electrons. The standard InChI is InChI=1S/C23H29N3O2/c1-14-8-10-16(11-9-14)17-12-26(13-19(17)25(3)4)23(28)21-15(2)24-18-6-5-7-20(27)22(18)21/h8-11,17,19,24H,5-7,12-13H2,1-4H3. The van der Waals surface area contributed by atoms with Crippen LogP contribution in [0.15, 0.2) is 24.3 Å². The number of carbonyl (C=O) groups excluding carboxylic acids is 2. The summed E-state index contributed by atoms with van der Waals surface area (Å²) in [5.41, 5.74) is 5.52. The Bertz CT molecular complexity index is 911. The van der Waals surface area contributed by atoms with Crippen molar-refractivity contribution in [2.45, 2.75) is 45.1 Å². The third kappa shape index (κ3) is 3.18. The fraction of sp³-hybridized carbons (Fsp3) is 0.478. The minimum Gasteiger partial charge on any atom is -0.361 e. The molecule has 1 aromatic heterocycles. The molecule has 2 atom stereocenters. The van der Waals surface area contributed by atoms with Gasteiger partial charge in [-0.15, -0.1) is 0 Å². The van der Waals surface area contributed by atoms with Crippen molar-refractivity contribution in [1.82, 2.24) is 14.8 Å². The lowest BCUT2D eigenvalue weighted by Crippen LogP contribution is -2.36. The molecule has 28 heavy (non-hydrogen) atoms. The van der Waals surface area contributed by atoms with Crippen molar-refractivity contribution >= 4 is 11.7 Å². The van der Waals surface area contributed by atoms with Gasteiger partial charge in [0.15, 0.2) is 5.78 Å². The fourth-order valence-corrected chi connectivity index (χ4v) is 4.78. The van der Waals surface area contributed by atoms with Crippen LogP contribution in [0.1, 0.15) is 62.0 Å². The maximum atomic E-state index is 13.5. The number of likely N-dealkylation sites (tertiary alicyclic amines) is 1. The van der Waals surface area contributed by atoms with Gasteiger partial charge in [-0.3, -0.25) is 9.59 Å². The summed E-state index contributed by atoms with van der Waals surface area (Å²) < 4.78 is 0. The molecule has 5 nitrogen and oxygen atoms in total. The number of fused-ring (bicyclic) bond motifs is 1. The van der Waals surface area contributed by atoms with Crippen LogP contribution in [-0.2, 0) is 6.42 Å². The van der Waals surface area contributed by atoms with E-state index in [4.69, 9.17) is 0 Å². The molecule has 2 heterocycles. The van der Waals surface area contributed by atoms with Crippen molar-refractivity contribution in [2.24, 2.45) is 0 Å². The van der Waals surface area contributed by atoms with Crippen LogP contribution in [0.25, 0.3) is 0 Å². The van der Waals surface area contributed by atoms with Crippen LogP contribution >= 0.6 is 0 Å². The Labute approximate surface area is 166 Å². The Hall–Kier alpha value is -2.40. The van der Waals surface area contributed by atoms with Gasteiger partial charge in [0.25, 0.3) is 5.91 Å². The number of aromatic amines is 1. The van der Waals surface area contributed by atoms with Crippen molar-refractivity contribution in [2.75, 3.05) is 27.2 Å². The summed E-state index contributed by atoms with van der Waals surface area (Å²) in [4.78, 5) is 33.5. The van der Waals surface area contributed by atoms with Crippen LogP contribution in [0, 0.1) is 13.8 Å². The minimum atomic E-state index is -0.00767. The normalized spacial score (nSPS) is 22.0. The van der Waals surface area contributed by atoms with Gasteiger partial charge in [0.1, 0.15) is 0 Å². The number of ketones is 1. The van der Waals surface area contributed by atoms with Gasteiger partial charge in [-0.25, -0.2) is 0 Å². The van der Waals surface area contributed by atoms with Crippen molar-refractivity contribution in [3.63, 3.8) is 0 Å². The zero-order valence-corrected chi connectivity index (χ0v) is 17.2. The first-order valence-electron chi connectivity index (χ1n) is 10.1. The molecule has 1 amide bonds. The summed E-state index contributed by atoms with van der Waals surface area (Å²) in [5.74, 6) is 0.365. The number of amides is 1. The molecule has 1 aromatic carbocycles. The van der Waals surface area contributed by atoms with Crippen molar-refractivity contribution in [1.29, 1.82) is 0 Å². The van der Waals surface area contributed by atoms with Gasteiger partial charge < -0.3 is 14.8 Å². The minimum absolute atomic E-state index is 0.00767. The smallest absolute Gasteiger partial charge is 0.256 e. The van der Waals surface area contributed by atoms with Crippen LogP contribution in [0.3, 0.4) is 0 Å². The molecule has 1 fully saturated rings. The van der Waals surface area contributed by atoms with Gasteiger partial charge in [-0.2, -0.15) is 0 Å². The van der Waals surface area contributed by atoms with Gasteiger partial charge >= 0.3 is 0 Å². The maximum absolute atomic E-state index is 13.5. The highest BCUT2D eigenvalue weighted by Crippen LogP contribution is 2.34. The fourth-order valence-electron chi connectivity index (χ4n) is 4.78. The van der Waals surface area contributed by atoms with Crippen LogP contribution < -0.4 is 0 Å². The molecule has 2 unspecified atom stereocenters. The first-order valence-corrected chi connectivity index (χ1v) is 10.1. The van der Waals surface area contributed by atoms with E-state index in [-0.39, 0.29) is 23.7 Å². The van der Waals surface area contributed by atoms with Crippen molar-refractivity contribution < 1.29 is 9.59 Å². The zero-order valence-electron chi connectivity index (χ0n) is 17.2. The SMILES string of the molecule is Cc1ccc(C2CN(C(=O)c3c(C)[nH]c4c3C(=O)CCC4)CC2N(C)C)cc1. The molecule has 0 bridgehead atoms. The molecular formula is C23H29N3O2. The number of H-pyrrole nitrogens is 1. The lowest BCUT2D eigenvalue weighted by molar-refractivity contribution is 0.0775. The molecule has 4 rings (SSSR count). The Morgan fingerprint density at radius 1 is 1.11 bits per heavy atom. The number of Topliss-reactive ketones (excluding diaryl/α,β-unsaturated/α-hetero) is 1. The molecule has 1 aliphatic heterocycles. The molecule has 0 spiro atoms. The van der Waals surface area contributed by atoms with Gasteiger partial charge in [0, 0.05) is 42.9 Å². The molecular weight excluding hydrogens is 350 g/mol. The molecule has 1 N–H and O–H groups in total. The second-order valence-electron chi connectivity index (χ2n) is 8.51. The predicted molar refractivity (Wildman–Crippen MR) is 110 cm³/mol. The number of likely N-dealkylation sites (N-methyl/N-ethyl adjacent to an activating group) is 1. The molecule has 1 saturated heterocycles. The Balaban J connectivity index is 1.65. The van der Waals surface area contributed by atoms with Crippen LogP contribution in [0.4, 0.5) is 0 Å². The summed E-state index contributed by atoms with van der Waals surface area (Å²) in [5, 5.41) is 0. The highest BCUT2D eigenvalue weighted by Gasteiger charge is 2.39. The molecule has 0 saturated carbocycles. The zero-order chi connectivity index (χ0) is 20.0. The topological polar surface area (TPSA) is 56.4 Å². The predicted octanol–water partition coefficient (Wildman–Crippen LogP) is 3.32. The van der Waals surface area contributed by atoms with Gasteiger partial charge in [0.2, 0.25) is 0 Å². The van der Waals surface area contributed by atoms with E-state index >= 15 is 0 Å². The van der Waals surface area contributed by atoms with E-state index in [2.05, 4.69) is 55.2 Å². The summed E-state index contributed by atoms with van der Waals surface area (Å²) in [6.45, 7) is 5.36. The number of nitrogens with one attached hydrogen (secondary N) is 1. The first-order chi connectivity index (χ1) is 13.4. The monoisotopic (exact) mass is 379 g/mol. The molecule has 1 aliphatic carbocycles. The van der Waals surface area contributed by atoms with E-state index in [9.17, 15) is 9.59 Å². The average Bonchev–Trinajstić information content (AvgIpc) is 3.24. The number of rotatable bonds is 3. The largest absolute Gasteiger partial charge is 0.361 e. The maximum Gasteiger partial charge on any atom is 0.256 e. The summed E-state index contributed by atoms with van der Waals surface area (Å²) in [6.07, 6.45) is 2.25. The number of nitrogens with zero attached hydrogens (tertiary/aromatic N) is 2. The average molecular weight is 380 g/mol. The van der Waals surface area contributed by atoms with E-state index in [1.54, 1.807) is 0 Å². The summed E-state index contributed by atoms with van der Waals surface area (Å²) in [6, 6.07) is 8.89. The van der Waals surface area contributed by atoms with E-state index in [0.717, 1.165) is 24.2 Å². The number of aromatic nitrogens is 1. The highest BCUT2D eigenvalue weighted by atomic mass is 16.2. The Morgan fingerprint density at radius 2 is 1.82 bits per heavy atom. The van der Waals surface area contributed by atoms with E-state index in [1.807, 2.05) is 11.8 Å². The Kier molecular flexibility index (Phi) is 4.88. The van der Waals surface area contributed by atoms with E-state index < -0.39 is 0 Å². The summed E-state index contributed by atoms with van der Waals surface area (Å²) in [7, 11) is 4.15. The second-order valence-corrected chi connectivity index (χ2v) is 8.51. The Morgan fingerprint density at radius 3 is 2.50 bits per heavy atom. The third-order valence-corrected chi connectivity index (χ3v) is 6.33. The van der Waals surface area contributed by atoms with Gasteiger partial charge in [-0.05, 0) is 46.3 Å². The lowest BCUT2D eigenvalue weighted by Gasteiger charge is -2.25. The number of hydrogen-bond donors (Lipinski definition) is 1. The molecule has 2 aliphatic rings. The van der Waals surface area contributed by atoms with Gasteiger partial charge in [-0.1, -0.05) is 29.8 Å². The number of hydrogen-bond acceptors (Lipinski definition) is 3. The second kappa shape index (κ2) is 7.21. The van der Waals surface area contributed by atoms with Crippen LogP contribution in [0.5, 0.6) is 0 Å². The van der Waals surface area contributed by atoms with Gasteiger partial charge in [0.05, 0.1) is 11.1 Å². The molecule has 5 heteroatoms. The lowest BCUT2D eigenvalue weighted by atomic mass is 9.92.